The van der Waals surface area contributed by atoms with Crippen molar-refractivity contribution >= 4 is 5.82 Å². The number of benzene rings is 1. The summed E-state index contributed by atoms with van der Waals surface area (Å²) < 4.78 is 0. The van der Waals surface area contributed by atoms with E-state index in [4.69, 9.17) is 9.97 Å². The van der Waals surface area contributed by atoms with Crippen LogP contribution >= 0.6 is 0 Å². The summed E-state index contributed by atoms with van der Waals surface area (Å²) in [7, 11) is 2.27. The lowest BCUT2D eigenvalue weighted by molar-refractivity contribution is 0.118. The number of pyridine rings is 1. The lowest BCUT2D eigenvalue weighted by Gasteiger charge is -2.43. The molecule has 2 aliphatic heterocycles. The van der Waals surface area contributed by atoms with Crippen LogP contribution in [0.2, 0.25) is 0 Å². The third-order valence-corrected chi connectivity index (χ3v) is 7.80. The van der Waals surface area contributed by atoms with E-state index < -0.39 is 0 Å². The summed E-state index contributed by atoms with van der Waals surface area (Å²) in [6.45, 7) is 1.09. The Hall–Kier alpha value is -2.79. The van der Waals surface area contributed by atoms with E-state index in [9.17, 15) is 0 Å². The fourth-order valence-electron chi connectivity index (χ4n) is 6.12. The van der Waals surface area contributed by atoms with E-state index in [1.165, 1.54) is 54.7 Å². The maximum Gasteiger partial charge on any atom is 0.161 e. The van der Waals surface area contributed by atoms with Crippen LogP contribution in [0.25, 0.3) is 11.4 Å². The van der Waals surface area contributed by atoms with Crippen LogP contribution in [0.5, 0.6) is 0 Å². The molecule has 2 atom stereocenters. The van der Waals surface area contributed by atoms with E-state index in [1.54, 1.807) is 0 Å². The van der Waals surface area contributed by atoms with E-state index >= 15 is 0 Å². The van der Waals surface area contributed by atoms with Gasteiger partial charge >= 0.3 is 0 Å². The van der Waals surface area contributed by atoms with Gasteiger partial charge in [-0.1, -0.05) is 30.3 Å². The molecule has 5 heteroatoms. The molecule has 3 aliphatic rings. The van der Waals surface area contributed by atoms with Crippen molar-refractivity contribution in [2.24, 2.45) is 0 Å². The molecular formula is C27H31N5. The standard InChI is InChI=1S/C27H31N5/c1-31(23-16-21-10-11-22(17-23)32(21)18-19-6-3-2-4-7-19)27-24-8-5-9-25(24)29-26(30-27)20-12-14-28-15-13-20/h2-4,6-7,12-15,21-23H,5,8-11,16-18H2,1H3. The molecule has 1 aliphatic carbocycles. The predicted molar refractivity (Wildman–Crippen MR) is 128 cm³/mol. The second kappa shape index (κ2) is 8.28. The second-order valence-corrected chi connectivity index (χ2v) is 9.66. The minimum Gasteiger partial charge on any atom is -0.356 e. The third kappa shape index (κ3) is 3.58. The molecule has 1 aromatic carbocycles. The maximum absolute atomic E-state index is 5.12. The Kier molecular flexibility index (Phi) is 5.14. The largest absolute Gasteiger partial charge is 0.356 e. The fourth-order valence-corrected chi connectivity index (χ4v) is 6.12. The van der Waals surface area contributed by atoms with E-state index in [2.05, 4.69) is 52.2 Å². The van der Waals surface area contributed by atoms with Crippen molar-refractivity contribution in [1.82, 2.24) is 19.9 Å². The van der Waals surface area contributed by atoms with Gasteiger partial charge in [0.1, 0.15) is 5.82 Å². The lowest BCUT2D eigenvalue weighted by Crippen LogP contribution is -2.49. The van der Waals surface area contributed by atoms with Gasteiger partial charge in [0, 0.05) is 60.9 Å². The molecule has 5 nitrogen and oxygen atoms in total. The topological polar surface area (TPSA) is 45.2 Å². The number of hydrogen-bond acceptors (Lipinski definition) is 5. The number of piperidine rings is 1. The first kappa shape index (κ1) is 19.9. The number of nitrogens with zero attached hydrogens (tertiary/aromatic N) is 5. The normalized spacial score (nSPS) is 24.5. The maximum atomic E-state index is 5.12. The highest BCUT2D eigenvalue weighted by molar-refractivity contribution is 5.61. The molecule has 0 saturated carbocycles. The monoisotopic (exact) mass is 425 g/mol. The Morgan fingerprint density at radius 1 is 0.938 bits per heavy atom. The first-order valence-electron chi connectivity index (χ1n) is 12.1. The highest BCUT2D eigenvalue weighted by Crippen LogP contribution is 2.40. The van der Waals surface area contributed by atoms with Crippen molar-refractivity contribution in [2.45, 2.75) is 69.6 Å². The van der Waals surface area contributed by atoms with Gasteiger partial charge in [0.2, 0.25) is 0 Å². The highest BCUT2D eigenvalue weighted by atomic mass is 15.3. The van der Waals surface area contributed by atoms with E-state index in [0.29, 0.717) is 18.1 Å². The van der Waals surface area contributed by atoms with Gasteiger partial charge in [-0.3, -0.25) is 9.88 Å². The Morgan fingerprint density at radius 3 is 2.44 bits per heavy atom. The van der Waals surface area contributed by atoms with Gasteiger partial charge in [-0.2, -0.15) is 0 Å². The van der Waals surface area contributed by atoms with Gasteiger partial charge in [0.15, 0.2) is 5.82 Å². The van der Waals surface area contributed by atoms with Gasteiger partial charge < -0.3 is 4.90 Å². The van der Waals surface area contributed by atoms with Crippen LogP contribution in [0.15, 0.2) is 54.9 Å². The van der Waals surface area contributed by atoms with Gasteiger partial charge in [0.25, 0.3) is 0 Å². The molecule has 2 bridgehead atoms. The summed E-state index contributed by atoms with van der Waals surface area (Å²) in [5, 5.41) is 0. The van der Waals surface area contributed by atoms with Crippen molar-refractivity contribution in [1.29, 1.82) is 0 Å². The molecule has 3 aromatic rings. The van der Waals surface area contributed by atoms with Gasteiger partial charge in [-0.05, 0) is 62.6 Å². The third-order valence-electron chi connectivity index (χ3n) is 7.80. The zero-order chi connectivity index (χ0) is 21.5. The molecule has 0 N–H and O–H groups in total. The van der Waals surface area contributed by atoms with Crippen molar-refractivity contribution in [2.75, 3.05) is 11.9 Å². The van der Waals surface area contributed by atoms with Crippen LogP contribution < -0.4 is 4.90 Å². The van der Waals surface area contributed by atoms with Crippen molar-refractivity contribution in [3.05, 3.63) is 71.7 Å². The quantitative estimate of drug-likeness (QED) is 0.595. The number of aryl methyl sites for hydroxylation is 1. The van der Waals surface area contributed by atoms with Crippen LogP contribution in [0, 0.1) is 0 Å². The first-order valence-corrected chi connectivity index (χ1v) is 12.1. The first-order chi connectivity index (χ1) is 15.8. The molecule has 2 aromatic heterocycles. The summed E-state index contributed by atoms with van der Waals surface area (Å²) in [6.07, 6.45) is 12.1. The summed E-state index contributed by atoms with van der Waals surface area (Å²) in [5.41, 5.74) is 5.12. The molecule has 6 rings (SSSR count). The van der Waals surface area contributed by atoms with E-state index in [1.807, 2.05) is 24.5 Å². The second-order valence-electron chi connectivity index (χ2n) is 9.66. The van der Waals surface area contributed by atoms with E-state index in [-0.39, 0.29) is 0 Å². The average molecular weight is 426 g/mol. The SMILES string of the molecule is CN(c1nc(-c2ccncc2)nc2c1CCC2)C1CC2CCC(C1)N2Cc1ccccc1. The molecule has 2 unspecified atom stereocenters. The molecule has 0 spiro atoms. The molecule has 32 heavy (non-hydrogen) atoms. The van der Waals surface area contributed by atoms with Crippen LogP contribution in [0.1, 0.15) is 48.9 Å². The van der Waals surface area contributed by atoms with Crippen LogP contribution in [-0.4, -0.2) is 45.0 Å². The number of fused-ring (bicyclic) bond motifs is 3. The van der Waals surface area contributed by atoms with Crippen molar-refractivity contribution in [3.8, 4) is 11.4 Å². The van der Waals surface area contributed by atoms with Gasteiger partial charge in [-0.15, -0.1) is 0 Å². The zero-order valence-corrected chi connectivity index (χ0v) is 18.8. The summed E-state index contributed by atoms with van der Waals surface area (Å²) >= 11 is 0. The molecular weight excluding hydrogens is 394 g/mol. The Labute approximate surface area is 190 Å². The van der Waals surface area contributed by atoms with Crippen molar-refractivity contribution in [3.63, 3.8) is 0 Å². The molecule has 2 fully saturated rings. The summed E-state index contributed by atoms with van der Waals surface area (Å²) in [6, 6.07) is 16.9. The summed E-state index contributed by atoms with van der Waals surface area (Å²) in [5.74, 6) is 2.01. The van der Waals surface area contributed by atoms with Crippen LogP contribution in [0.4, 0.5) is 5.82 Å². The minimum absolute atomic E-state index is 0.546. The number of hydrogen-bond donors (Lipinski definition) is 0. The smallest absolute Gasteiger partial charge is 0.161 e. The summed E-state index contributed by atoms with van der Waals surface area (Å²) in [4.78, 5) is 19.5. The Bertz CT molecular complexity index is 1070. The minimum atomic E-state index is 0.546. The molecule has 0 amide bonds. The van der Waals surface area contributed by atoms with Crippen LogP contribution in [-0.2, 0) is 19.4 Å². The zero-order valence-electron chi connectivity index (χ0n) is 18.8. The fraction of sp³-hybridized carbons (Fsp3) is 0.444. The molecule has 0 radical (unpaired) electrons. The highest BCUT2D eigenvalue weighted by Gasteiger charge is 2.42. The number of aromatic nitrogens is 3. The molecule has 164 valence electrons. The average Bonchev–Trinajstić information content (AvgIpc) is 3.40. The van der Waals surface area contributed by atoms with Crippen molar-refractivity contribution < 1.29 is 0 Å². The van der Waals surface area contributed by atoms with Gasteiger partial charge in [0.05, 0.1) is 0 Å². The van der Waals surface area contributed by atoms with Crippen LogP contribution in [0.3, 0.4) is 0 Å². The number of anilines is 1. The number of rotatable bonds is 5. The predicted octanol–water partition coefficient (Wildman–Crippen LogP) is 4.66. The lowest BCUT2D eigenvalue weighted by atomic mass is 9.95. The Balaban J connectivity index is 1.26. The Morgan fingerprint density at radius 2 is 1.69 bits per heavy atom. The molecule has 2 saturated heterocycles. The van der Waals surface area contributed by atoms with Gasteiger partial charge in [-0.25, -0.2) is 9.97 Å². The van der Waals surface area contributed by atoms with E-state index in [0.717, 1.165) is 30.8 Å². The molecule has 4 heterocycles.